The maximum atomic E-state index is 12.6. The van der Waals surface area contributed by atoms with Crippen LogP contribution in [0.25, 0.3) is 0 Å². The first-order chi connectivity index (χ1) is 21.8. The molecule has 0 aliphatic carbocycles. The fourth-order valence-electron chi connectivity index (χ4n) is 5.96. The molecule has 0 saturated carbocycles. The van der Waals surface area contributed by atoms with Crippen molar-refractivity contribution >= 4 is 5.91 Å². The van der Waals surface area contributed by atoms with Crippen molar-refractivity contribution in [3.63, 3.8) is 0 Å². The van der Waals surface area contributed by atoms with Gasteiger partial charge in [0.15, 0.2) is 6.29 Å². The predicted molar refractivity (Wildman–Crippen MR) is 177 cm³/mol. The summed E-state index contributed by atoms with van der Waals surface area (Å²) in [6, 6.07) is -0.982. The quantitative estimate of drug-likeness (QED) is 0.0572. The highest BCUT2D eigenvalue weighted by molar-refractivity contribution is 5.76. The molecule has 0 radical (unpaired) electrons. The number of hydrogen-bond donors (Lipinski definition) is 7. The van der Waals surface area contributed by atoms with Crippen molar-refractivity contribution in [1.29, 1.82) is 0 Å². The normalized spacial score (nSPS) is 24.0. The molecule has 1 aliphatic heterocycles. The number of unbranched alkanes of at least 4 members (excludes halogenated alkanes) is 19. The Balaban J connectivity index is 2.13. The second kappa shape index (κ2) is 27.1. The van der Waals surface area contributed by atoms with Gasteiger partial charge >= 0.3 is 0 Å². The van der Waals surface area contributed by atoms with Crippen molar-refractivity contribution in [3.05, 3.63) is 0 Å². The Kier molecular flexibility index (Phi) is 25.4. The van der Waals surface area contributed by atoms with Crippen LogP contribution in [0.4, 0.5) is 0 Å². The van der Waals surface area contributed by atoms with Gasteiger partial charge in [-0.05, 0) is 12.8 Å². The smallest absolute Gasteiger partial charge is 0.220 e. The fraction of sp³-hybridized carbons (Fsp3) is 0.971. The number of nitrogens with one attached hydrogen (secondary N) is 1. The van der Waals surface area contributed by atoms with E-state index in [1.165, 1.54) is 103 Å². The lowest BCUT2D eigenvalue weighted by atomic mass is 9.99. The molecule has 1 heterocycles. The molecule has 0 aromatic carbocycles. The van der Waals surface area contributed by atoms with Crippen LogP contribution in [0.3, 0.4) is 0 Å². The zero-order valence-corrected chi connectivity index (χ0v) is 28.5. The molecule has 1 saturated heterocycles. The summed E-state index contributed by atoms with van der Waals surface area (Å²) in [6.45, 7) is 3.06. The monoisotopic (exact) mass is 647 g/mol. The van der Waals surface area contributed by atoms with Gasteiger partial charge in [0.25, 0.3) is 0 Å². The van der Waals surface area contributed by atoms with Crippen LogP contribution in [0, 0.1) is 0 Å². The molecule has 8 atom stereocenters. The molecule has 0 aromatic rings. The number of carbonyl (C=O) groups is 1. The molecule has 7 N–H and O–H groups in total. The average molecular weight is 648 g/mol. The second-order valence-corrected chi connectivity index (χ2v) is 13.1. The molecule has 10 heteroatoms. The summed E-state index contributed by atoms with van der Waals surface area (Å²) < 4.78 is 10.9. The highest BCUT2D eigenvalue weighted by atomic mass is 16.7. The van der Waals surface area contributed by atoms with Crippen LogP contribution < -0.4 is 5.32 Å². The van der Waals surface area contributed by atoms with E-state index in [2.05, 4.69) is 12.2 Å². The third kappa shape index (κ3) is 18.9. The van der Waals surface area contributed by atoms with Gasteiger partial charge in [-0.25, -0.2) is 0 Å². The van der Waals surface area contributed by atoms with Gasteiger partial charge in [0.1, 0.15) is 30.5 Å². The van der Waals surface area contributed by atoms with Crippen molar-refractivity contribution in [3.8, 4) is 0 Å². The van der Waals surface area contributed by atoms with E-state index in [1.807, 2.05) is 0 Å². The molecule has 1 amide bonds. The van der Waals surface area contributed by atoms with Gasteiger partial charge in [-0.3, -0.25) is 4.79 Å². The van der Waals surface area contributed by atoms with Gasteiger partial charge in [-0.15, -0.1) is 0 Å². The highest BCUT2D eigenvalue weighted by Gasteiger charge is 2.44. The Morgan fingerprint density at radius 2 is 1.13 bits per heavy atom. The largest absolute Gasteiger partial charge is 0.394 e. The summed E-state index contributed by atoms with van der Waals surface area (Å²) >= 11 is 0. The molecular formula is C35H69NO9. The van der Waals surface area contributed by atoms with Crippen molar-refractivity contribution in [2.45, 2.75) is 204 Å². The van der Waals surface area contributed by atoms with Crippen LogP contribution in [0.15, 0.2) is 0 Å². The number of ether oxygens (including phenoxy) is 2. The number of aliphatic hydroxyl groups excluding tert-OH is 6. The lowest BCUT2D eigenvalue weighted by Gasteiger charge is -2.40. The third-order valence-corrected chi connectivity index (χ3v) is 9.12. The van der Waals surface area contributed by atoms with E-state index in [9.17, 15) is 35.4 Å². The minimum atomic E-state index is -1.60. The summed E-state index contributed by atoms with van der Waals surface area (Å²) in [4.78, 5) is 12.6. The van der Waals surface area contributed by atoms with Crippen LogP contribution >= 0.6 is 0 Å². The third-order valence-electron chi connectivity index (χ3n) is 9.12. The Labute approximate surface area is 273 Å². The maximum absolute atomic E-state index is 12.6. The van der Waals surface area contributed by atoms with Gasteiger partial charge < -0.3 is 45.4 Å². The fourth-order valence-corrected chi connectivity index (χ4v) is 5.96. The number of hydrogen-bond acceptors (Lipinski definition) is 9. The van der Waals surface area contributed by atoms with Crippen LogP contribution in [0.5, 0.6) is 0 Å². The lowest BCUT2D eigenvalue weighted by Crippen LogP contribution is -2.60. The van der Waals surface area contributed by atoms with Crippen molar-refractivity contribution < 1.29 is 44.9 Å². The van der Waals surface area contributed by atoms with Crippen LogP contribution in [-0.2, 0) is 14.3 Å². The molecular weight excluding hydrogens is 578 g/mol. The SMILES string of the molecule is CCCCCCCCCCCCCCCCCCCCCCC(=O)N[C@@H](CO[C@H]1O[C@H](CO)[C@H](O)[C@H](O)[C@H]1O)[C@H](O)[C@H](O)CC. The Morgan fingerprint density at radius 1 is 0.689 bits per heavy atom. The number of aliphatic hydroxyl groups is 6. The Bertz CT molecular complexity index is 698. The molecule has 268 valence electrons. The topological polar surface area (TPSA) is 169 Å². The molecule has 10 nitrogen and oxygen atoms in total. The number of carbonyl (C=O) groups excluding carboxylic acids is 1. The molecule has 0 aromatic heterocycles. The van der Waals surface area contributed by atoms with E-state index < -0.39 is 55.6 Å². The summed E-state index contributed by atoms with van der Waals surface area (Å²) in [5.74, 6) is -0.276. The summed E-state index contributed by atoms with van der Waals surface area (Å²) in [7, 11) is 0. The van der Waals surface area contributed by atoms with E-state index in [0.717, 1.165) is 25.7 Å². The summed E-state index contributed by atoms with van der Waals surface area (Å²) in [5, 5.41) is 62.9. The lowest BCUT2D eigenvalue weighted by molar-refractivity contribution is -0.303. The minimum absolute atomic E-state index is 0.257. The standard InChI is InChI=1S/C35H69NO9/c1-3-5-6-7-8-9-10-11-12-13-14-15-16-17-18-19-20-21-22-23-24-30(39)36-27(31(40)28(38)4-2)26-44-35-34(43)33(42)32(41)29(25-37)45-35/h27-29,31-35,37-38,40-43H,3-26H2,1-2H3,(H,36,39)/t27-,28+,29+,31-,32-,33-,34+,35-/m0/s1. The Morgan fingerprint density at radius 3 is 1.56 bits per heavy atom. The van der Waals surface area contributed by atoms with Crippen molar-refractivity contribution in [1.82, 2.24) is 5.32 Å². The summed E-state index contributed by atoms with van der Waals surface area (Å²) in [6.07, 6.45) is 16.6. The van der Waals surface area contributed by atoms with E-state index in [0.29, 0.717) is 0 Å². The molecule has 1 aliphatic rings. The Hall–Kier alpha value is -0.850. The van der Waals surface area contributed by atoms with Gasteiger partial charge in [-0.2, -0.15) is 0 Å². The van der Waals surface area contributed by atoms with E-state index in [1.54, 1.807) is 6.92 Å². The average Bonchev–Trinajstić information content (AvgIpc) is 3.04. The number of rotatable bonds is 29. The molecule has 45 heavy (non-hydrogen) atoms. The van der Waals surface area contributed by atoms with E-state index in [-0.39, 0.29) is 25.4 Å². The molecule has 0 spiro atoms. The minimum Gasteiger partial charge on any atom is -0.394 e. The van der Waals surface area contributed by atoms with E-state index >= 15 is 0 Å². The number of amides is 1. The maximum Gasteiger partial charge on any atom is 0.220 e. The van der Waals surface area contributed by atoms with Gasteiger partial charge in [0, 0.05) is 6.42 Å². The van der Waals surface area contributed by atoms with Crippen molar-refractivity contribution in [2.75, 3.05) is 13.2 Å². The van der Waals surface area contributed by atoms with Gasteiger partial charge in [0.05, 0.1) is 25.4 Å². The first kappa shape index (κ1) is 42.2. The zero-order valence-electron chi connectivity index (χ0n) is 28.5. The molecule has 1 rings (SSSR count). The second-order valence-electron chi connectivity index (χ2n) is 13.1. The zero-order chi connectivity index (χ0) is 33.3. The van der Waals surface area contributed by atoms with Crippen LogP contribution in [0.1, 0.15) is 155 Å². The van der Waals surface area contributed by atoms with Gasteiger partial charge in [0.2, 0.25) is 5.91 Å². The van der Waals surface area contributed by atoms with Crippen LogP contribution in [0.2, 0.25) is 0 Å². The van der Waals surface area contributed by atoms with E-state index in [4.69, 9.17) is 9.47 Å². The predicted octanol–water partition coefficient (Wildman–Crippen LogP) is 4.63. The summed E-state index contributed by atoms with van der Waals surface area (Å²) in [5.41, 5.74) is 0. The molecule has 0 bridgehead atoms. The van der Waals surface area contributed by atoms with Crippen LogP contribution in [-0.4, -0.2) is 98.7 Å². The highest BCUT2D eigenvalue weighted by Crippen LogP contribution is 2.22. The first-order valence-electron chi connectivity index (χ1n) is 18.3. The van der Waals surface area contributed by atoms with Crippen molar-refractivity contribution in [2.24, 2.45) is 0 Å². The molecule has 0 unspecified atom stereocenters. The first-order valence-corrected chi connectivity index (χ1v) is 18.3. The molecule has 1 fully saturated rings. The van der Waals surface area contributed by atoms with Gasteiger partial charge in [-0.1, -0.05) is 136 Å².